The number of rotatable bonds is 6. The minimum Gasteiger partial charge on any atom is -0.497 e. The summed E-state index contributed by atoms with van der Waals surface area (Å²) in [5, 5.41) is 0.383. The summed E-state index contributed by atoms with van der Waals surface area (Å²) in [6.07, 6.45) is -1.24. The maximum Gasteiger partial charge on any atom is 0.369 e. The Kier molecular flexibility index (Phi) is 6.17. The molecule has 1 unspecified atom stereocenters. The van der Waals surface area contributed by atoms with Crippen LogP contribution in [0.25, 0.3) is 22.3 Å². The van der Waals surface area contributed by atoms with E-state index in [-0.39, 0.29) is 0 Å². The summed E-state index contributed by atoms with van der Waals surface area (Å²) in [6.45, 7) is 1.22. The molecule has 0 aliphatic carbocycles. The number of carbonyl (C=O) groups is 2. The first-order valence-electron chi connectivity index (χ1n) is 10.2. The normalized spacial score (nSPS) is 11.6. The Morgan fingerprint density at radius 3 is 2.42 bits per heavy atom. The summed E-state index contributed by atoms with van der Waals surface area (Å²) in [5.41, 5.74) is 3.88. The van der Waals surface area contributed by atoms with Crippen molar-refractivity contribution in [3.8, 4) is 17.1 Å². The van der Waals surface area contributed by atoms with E-state index in [0.717, 1.165) is 4.68 Å². The van der Waals surface area contributed by atoms with Crippen molar-refractivity contribution in [1.29, 1.82) is 0 Å². The number of amides is 1. The van der Waals surface area contributed by atoms with Gasteiger partial charge in [-0.25, -0.2) is 9.78 Å². The SMILES string of the molecule is COc1cccc(-c2[nH+]c3ccccc3c(=O)n2NC(=O)C(OC(C)=O)c2ccccc2)c1. The number of hydrogen-bond acceptors (Lipinski definition) is 5. The van der Waals surface area contributed by atoms with E-state index in [0.29, 0.717) is 33.6 Å². The van der Waals surface area contributed by atoms with Crippen LogP contribution in [0.3, 0.4) is 0 Å². The Bertz CT molecular complexity index is 1380. The molecular weight excluding hydrogens is 422 g/mol. The molecule has 33 heavy (non-hydrogen) atoms. The summed E-state index contributed by atoms with van der Waals surface area (Å²) in [5.74, 6) is -0.377. The van der Waals surface area contributed by atoms with E-state index in [1.54, 1.807) is 79.9 Å². The number of carbonyl (C=O) groups excluding carboxylic acids is 2. The Balaban J connectivity index is 1.85. The topological polar surface area (TPSA) is 101 Å². The first-order valence-corrected chi connectivity index (χ1v) is 10.2. The van der Waals surface area contributed by atoms with Crippen molar-refractivity contribution in [2.75, 3.05) is 12.5 Å². The molecule has 8 heteroatoms. The number of ether oxygens (including phenoxy) is 2. The largest absolute Gasteiger partial charge is 0.497 e. The Labute approximate surface area is 189 Å². The molecule has 1 atom stereocenters. The third kappa shape index (κ3) is 4.59. The van der Waals surface area contributed by atoms with Gasteiger partial charge in [0.1, 0.15) is 16.7 Å². The lowest BCUT2D eigenvalue weighted by Crippen LogP contribution is -2.41. The summed E-state index contributed by atoms with van der Waals surface area (Å²) in [6, 6.07) is 22.7. The molecule has 1 amide bonds. The lowest BCUT2D eigenvalue weighted by molar-refractivity contribution is -0.337. The Hall–Kier alpha value is -4.46. The van der Waals surface area contributed by atoms with Crippen LogP contribution in [-0.4, -0.2) is 23.7 Å². The molecule has 3 aromatic carbocycles. The van der Waals surface area contributed by atoms with E-state index in [1.165, 1.54) is 6.92 Å². The van der Waals surface area contributed by atoms with Gasteiger partial charge in [-0.3, -0.25) is 9.59 Å². The van der Waals surface area contributed by atoms with Crippen LogP contribution >= 0.6 is 0 Å². The van der Waals surface area contributed by atoms with E-state index >= 15 is 0 Å². The molecule has 4 aromatic rings. The number of hydrogen-bond donors (Lipinski definition) is 1. The van der Waals surface area contributed by atoms with Crippen molar-refractivity contribution >= 4 is 22.8 Å². The molecule has 0 saturated heterocycles. The van der Waals surface area contributed by atoms with Crippen molar-refractivity contribution in [1.82, 2.24) is 4.68 Å². The molecule has 166 valence electrons. The third-order valence-electron chi connectivity index (χ3n) is 5.03. The number of para-hydroxylation sites is 1. The summed E-state index contributed by atoms with van der Waals surface area (Å²) < 4.78 is 11.7. The number of benzene rings is 3. The third-order valence-corrected chi connectivity index (χ3v) is 5.03. The highest BCUT2D eigenvalue weighted by molar-refractivity contribution is 5.91. The number of nitrogens with one attached hydrogen (secondary N) is 2. The van der Waals surface area contributed by atoms with Crippen molar-refractivity contribution in [2.24, 2.45) is 0 Å². The van der Waals surface area contributed by atoms with Gasteiger partial charge in [0.2, 0.25) is 6.10 Å². The van der Waals surface area contributed by atoms with Crippen molar-refractivity contribution in [3.05, 3.63) is 94.8 Å². The van der Waals surface area contributed by atoms with E-state index in [2.05, 4.69) is 10.4 Å². The van der Waals surface area contributed by atoms with E-state index < -0.39 is 23.5 Å². The molecular formula is C25H22N3O5+. The van der Waals surface area contributed by atoms with Crippen molar-refractivity contribution < 1.29 is 24.0 Å². The zero-order valence-electron chi connectivity index (χ0n) is 18.1. The van der Waals surface area contributed by atoms with Gasteiger partial charge < -0.3 is 9.47 Å². The molecule has 0 radical (unpaired) electrons. The Morgan fingerprint density at radius 2 is 1.70 bits per heavy atom. The van der Waals surface area contributed by atoms with Gasteiger partial charge in [0.15, 0.2) is 0 Å². The van der Waals surface area contributed by atoms with Crippen molar-refractivity contribution in [3.63, 3.8) is 0 Å². The standard InChI is InChI=1S/C25H21N3O5/c1-16(29)33-22(17-9-4-3-5-10-17)24(30)27-28-23(18-11-8-12-19(15-18)32-2)26-21-14-7-6-13-20(21)25(28)31/h3-15,22H,1-2H3,(H,27,30)/p+1. The second-order valence-corrected chi connectivity index (χ2v) is 7.27. The molecule has 0 aliphatic heterocycles. The fraction of sp³-hybridized carbons (Fsp3) is 0.120. The quantitative estimate of drug-likeness (QED) is 0.461. The summed E-state index contributed by atoms with van der Waals surface area (Å²) in [7, 11) is 1.54. The highest BCUT2D eigenvalue weighted by Gasteiger charge is 2.29. The van der Waals surface area contributed by atoms with Gasteiger partial charge in [0.25, 0.3) is 0 Å². The van der Waals surface area contributed by atoms with E-state index in [4.69, 9.17) is 9.47 Å². The van der Waals surface area contributed by atoms with Crippen LogP contribution in [0.2, 0.25) is 0 Å². The number of nitrogens with zero attached hydrogens (tertiary/aromatic N) is 1. The number of methoxy groups -OCH3 is 1. The molecule has 0 bridgehead atoms. The van der Waals surface area contributed by atoms with Gasteiger partial charge in [-0.15, -0.1) is 0 Å². The van der Waals surface area contributed by atoms with Gasteiger partial charge in [-0.2, -0.15) is 5.43 Å². The molecule has 2 N–H and O–H groups in total. The van der Waals surface area contributed by atoms with Crippen molar-refractivity contribution in [2.45, 2.75) is 13.0 Å². The monoisotopic (exact) mass is 444 g/mol. The Morgan fingerprint density at radius 1 is 0.970 bits per heavy atom. The van der Waals surface area contributed by atoms with Crippen LogP contribution in [0.1, 0.15) is 18.6 Å². The zero-order valence-corrected chi connectivity index (χ0v) is 18.1. The maximum absolute atomic E-state index is 13.4. The number of esters is 1. The van der Waals surface area contributed by atoms with Gasteiger partial charge in [0, 0.05) is 12.5 Å². The second kappa shape index (κ2) is 9.35. The number of aromatic nitrogens is 2. The fourth-order valence-electron chi connectivity index (χ4n) is 3.50. The van der Waals surface area contributed by atoms with E-state index in [9.17, 15) is 14.4 Å². The zero-order chi connectivity index (χ0) is 23.4. The molecule has 0 fully saturated rings. The first kappa shape index (κ1) is 21.8. The molecule has 0 aliphatic rings. The highest BCUT2D eigenvalue weighted by atomic mass is 16.5. The number of H-pyrrole nitrogens is 1. The fourth-order valence-corrected chi connectivity index (χ4v) is 3.50. The average molecular weight is 444 g/mol. The molecule has 1 aromatic heterocycles. The van der Waals surface area contributed by atoms with Gasteiger partial charge in [0.05, 0.1) is 12.7 Å². The summed E-state index contributed by atoms with van der Waals surface area (Å²) >= 11 is 0. The van der Waals surface area contributed by atoms with E-state index in [1.807, 2.05) is 6.07 Å². The molecule has 8 nitrogen and oxygen atoms in total. The minimum absolute atomic E-state index is 0.334. The smallest absolute Gasteiger partial charge is 0.369 e. The van der Waals surface area contributed by atoms with Gasteiger partial charge in [-0.1, -0.05) is 53.2 Å². The predicted molar refractivity (Wildman–Crippen MR) is 122 cm³/mol. The predicted octanol–water partition coefficient (Wildman–Crippen LogP) is 2.87. The van der Waals surface area contributed by atoms with Gasteiger partial charge >= 0.3 is 23.3 Å². The number of fused-ring (bicyclic) bond motifs is 1. The van der Waals surface area contributed by atoms with Crippen LogP contribution < -0.4 is 20.7 Å². The number of aromatic amines is 1. The lowest BCUT2D eigenvalue weighted by atomic mass is 10.1. The summed E-state index contributed by atoms with van der Waals surface area (Å²) in [4.78, 5) is 41.5. The van der Waals surface area contributed by atoms with Crippen LogP contribution in [0.4, 0.5) is 0 Å². The molecule has 4 rings (SSSR count). The van der Waals surface area contributed by atoms with Crippen LogP contribution in [0.15, 0.2) is 83.7 Å². The van der Waals surface area contributed by atoms with Gasteiger partial charge in [-0.05, 0) is 30.3 Å². The molecule has 0 spiro atoms. The highest BCUT2D eigenvalue weighted by Crippen LogP contribution is 2.22. The first-order chi connectivity index (χ1) is 16.0. The minimum atomic E-state index is -1.24. The molecule has 0 saturated carbocycles. The van der Waals surface area contributed by atoms with Crippen LogP contribution in [0, 0.1) is 0 Å². The molecule has 1 heterocycles. The van der Waals surface area contributed by atoms with Crippen LogP contribution in [0.5, 0.6) is 5.75 Å². The second-order valence-electron chi connectivity index (χ2n) is 7.27. The maximum atomic E-state index is 13.4. The lowest BCUT2D eigenvalue weighted by Gasteiger charge is -2.16. The average Bonchev–Trinajstić information content (AvgIpc) is 2.84. The van der Waals surface area contributed by atoms with Crippen LogP contribution in [-0.2, 0) is 14.3 Å².